The van der Waals surface area contributed by atoms with E-state index in [1.54, 1.807) is 6.20 Å². The van der Waals surface area contributed by atoms with Crippen molar-refractivity contribution in [2.45, 2.75) is 32.7 Å². The Labute approximate surface area is 123 Å². The molecule has 0 amide bonds. The zero-order valence-corrected chi connectivity index (χ0v) is 12.9. The van der Waals surface area contributed by atoms with Crippen molar-refractivity contribution >= 4 is 15.9 Å². The fraction of sp³-hybridized carbons (Fsp3) is 0.312. The minimum Gasteiger partial charge on any atom is -0.327 e. The molecule has 0 bridgehead atoms. The number of rotatable bonds is 4. The van der Waals surface area contributed by atoms with Gasteiger partial charge < -0.3 is 5.73 Å². The van der Waals surface area contributed by atoms with E-state index >= 15 is 0 Å². The van der Waals surface area contributed by atoms with Gasteiger partial charge in [-0.15, -0.1) is 0 Å². The molecule has 1 aromatic carbocycles. The fourth-order valence-electron chi connectivity index (χ4n) is 2.25. The van der Waals surface area contributed by atoms with Crippen LogP contribution in [0.5, 0.6) is 0 Å². The molecule has 0 fully saturated rings. The Bertz CT molecular complexity index is 566. The second kappa shape index (κ2) is 6.31. The molecule has 0 saturated heterocycles. The van der Waals surface area contributed by atoms with E-state index < -0.39 is 0 Å². The number of hydrogen-bond acceptors (Lipinski definition) is 2. The van der Waals surface area contributed by atoms with Gasteiger partial charge in [0.25, 0.3) is 0 Å². The number of pyridine rings is 1. The standard InChI is InChI=1S/C16H19BrN2/c1-11-3-4-12(2)14(5-11)8-16(18)7-13-6-15(17)10-19-9-13/h3-6,9-10,16H,7-8,18H2,1-2H3. The molecule has 0 aliphatic rings. The van der Waals surface area contributed by atoms with Gasteiger partial charge in [0.05, 0.1) is 0 Å². The molecule has 100 valence electrons. The van der Waals surface area contributed by atoms with Crippen LogP contribution in [-0.4, -0.2) is 11.0 Å². The van der Waals surface area contributed by atoms with Gasteiger partial charge in [-0.2, -0.15) is 0 Å². The third-order valence-corrected chi connectivity index (χ3v) is 3.68. The predicted molar refractivity (Wildman–Crippen MR) is 83.2 cm³/mol. The first-order valence-electron chi connectivity index (χ1n) is 6.46. The van der Waals surface area contributed by atoms with E-state index in [1.807, 2.05) is 6.20 Å². The quantitative estimate of drug-likeness (QED) is 0.935. The molecule has 2 nitrogen and oxygen atoms in total. The second-order valence-corrected chi connectivity index (χ2v) is 6.03. The molecule has 1 aromatic heterocycles. The lowest BCUT2D eigenvalue weighted by molar-refractivity contribution is 0.661. The zero-order valence-electron chi connectivity index (χ0n) is 11.4. The van der Waals surface area contributed by atoms with E-state index in [2.05, 4.69) is 59.0 Å². The van der Waals surface area contributed by atoms with Gasteiger partial charge in [0.1, 0.15) is 0 Å². The van der Waals surface area contributed by atoms with Gasteiger partial charge in [-0.05, 0) is 65.4 Å². The summed E-state index contributed by atoms with van der Waals surface area (Å²) in [7, 11) is 0. The highest BCUT2D eigenvalue weighted by Gasteiger charge is 2.08. The van der Waals surface area contributed by atoms with E-state index in [9.17, 15) is 0 Å². The van der Waals surface area contributed by atoms with E-state index in [-0.39, 0.29) is 6.04 Å². The number of benzene rings is 1. The normalized spacial score (nSPS) is 12.4. The molecule has 1 heterocycles. The van der Waals surface area contributed by atoms with Crippen LogP contribution in [0.2, 0.25) is 0 Å². The van der Waals surface area contributed by atoms with Crippen molar-refractivity contribution in [2.75, 3.05) is 0 Å². The Morgan fingerprint density at radius 2 is 1.95 bits per heavy atom. The molecule has 0 aliphatic carbocycles. The highest BCUT2D eigenvalue weighted by Crippen LogP contribution is 2.15. The Hall–Kier alpha value is -1.19. The van der Waals surface area contributed by atoms with E-state index in [0.717, 1.165) is 17.3 Å². The van der Waals surface area contributed by atoms with Crippen LogP contribution in [0.4, 0.5) is 0 Å². The Kier molecular flexibility index (Phi) is 4.72. The lowest BCUT2D eigenvalue weighted by Gasteiger charge is -2.14. The average molecular weight is 319 g/mol. The smallest absolute Gasteiger partial charge is 0.0410 e. The zero-order chi connectivity index (χ0) is 13.8. The molecule has 1 unspecified atom stereocenters. The monoisotopic (exact) mass is 318 g/mol. The number of aryl methyl sites for hydroxylation is 2. The summed E-state index contributed by atoms with van der Waals surface area (Å²) in [5.41, 5.74) is 11.4. The van der Waals surface area contributed by atoms with Gasteiger partial charge in [0.15, 0.2) is 0 Å². The highest BCUT2D eigenvalue weighted by molar-refractivity contribution is 9.10. The Morgan fingerprint density at radius 1 is 1.16 bits per heavy atom. The highest BCUT2D eigenvalue weighted by atomic mass is 79.9. The summed E-state index contributed by atoms with van der Waals surface area (Å²) >= 11 is 3.44. The Morgan fingerprint density at radius 3 is 2.68 bits per heavy atom. The molecule has 0 saturated carbocycles. The molecule has 2 N–H and O–H groups in total. The number of nitrogens with two attached hydrogens (primary N) is 1. The number of halogens is 1. The summed E-state index contributed by atoms with van der Waals surface area (Å²) in [5, 5.41) is 0. The molecular weight excluding hydrogens is 300 g/mol. The van der Waals surface area contributed by atoms with Crippen LogP contribution in [0.3, 0.4) is 0 Å². The minimum atomic E-state index is 0.122. The average Bonchev–Trinajstić information content (AvgIpc) is 2.34. The number of aromatic nitrogens is 1. The molecule has 0 aliphatic heterocycles. The lowest BCUT2D eigenvalue weighted by atomic mass is 9.96. The van der Waals surface area contributed by atoms with Crippen molar-refractivity contribution in [1.29, 1.82) is 0 Å². The predicted octanol–water partition coefficient (Wildman–Crippen LogP) is 3.57. The van der Waals surface area contributed by atoms with E-state index in [4.69, 9.17) is 5.73 Å². The first-order valence-corrected chi connectivity index (χ1v) is 7.25. The van der Waals surface area contributed by atoms with Gasteiger partial charge in [0, 0.05) is 22.9 Å². The molecule has 2 rings (SSSR count). The SMILES string of the molecule is Cc1ccc(C)c(CC(N)Cc2cncc(Br)c2)c1. The third-order valence-electron chi connectivity index (χ3n) is 3.25. The first-order chi connectivity index (χ1) is 9.04. The van der Waals surface area contributed by atoms with Gasteiger partial charge in [-0.3, -0.25) is 4.98 Å². The topological polar surface area (TPSA) is 38.9 Å². The van der Waals surface area contributed by atoms with Crippen molar-refractivity contribution in [2.24, 2.45) is 5.73 Å². The molecule has 0 spiro atoms. The third kappa shape index (κ3) is 4.15. The van der Waals surface area contributed by atoms with Crippen molar-refractivity contribution in [3.8, 4) is 0 Å². The van der Waals surface area contributed by atoms with Crippen LogP contribution in [0, 0.1) is 13.8 Å². The van der Waals surface area contributed by atoms with Crippen molar-refractivity contribution in [1.82, 2.24) is 4.98 Å². The maximum atomic E-state index is 6.26. The summed E-state index contributed by atoms with van der Waals surface area (Å²) in [6.07, 6.45) is 5.42. The van der Waals surface area contributed by atoms with Crippen molar-refractivity contribution < 1.29 is 0 Å². The van der Waals surface area contributed by atoms with Crippen LogP contribution in [-0.2, 0) is 12.8 Å². The maximum absolute atomic E-state index is 6.26. The molecule has 3 heteroatoms. The summed E-state index contributed by atoms with van der Waals surface area (Å²) in [5.74, 6) is 0. The van der Waals surface area contributed by atoms with Crippen LogP contribution in [0.1, 0.15) is 22.3 Å². The summed E-state index contributed by atoms with van der Waals surface area (Å²) in [4.78, 5) is 4.17. The molecular formula is C16H19BrN2. The lowest BCUT2D eigenvalue weighted by Crippen LogP contribution is -2.26. The van der Waals surface area contributed by atoms with E-state index in [0.29, 0.717) is 0 Å². The maximum Gasteiger partial charge on any atom is 0.0410 e. The van der Waals surface area contributed by atoms with Gasteiger partial charge in [0.2, 0.25) is 0 Å². The van der Waals surface area contributed by atoms with Crippen LogP contribution >= 0.6 is 15.9 Å². The minimum absolute atomic E-state index is 0.122. The second-order valence-electron chi connectivity index (χ2n) is 5.11. The largest absolute Gasteiger partial charge is 0.327 e. The molecule has 0 radical (unpaired) electrons. The summed E-state index contributed by atoms with van der Waals surface area (Å²) in [6.45, 7) is 4.26. The van der Waals surface area contributed by atoms with Gasteiger partial charge >= 0.3 is 0 Å². The van der Waals surface area contributed by atoms with Crippen molar-refractivity contribution in [3.63, 3.8) is 0 Å². The van der Waals surface area contributed by atoms with E-state index in [1.165, 1.54) is 22.3 Å². The Balaban J connectivity index is 2.05. The van der Waals surface area contributed by atoms with Crippen LogP contribution in [0.25, 0.3) is 0 Å². The molecule has 19 heavy (non-hydrogen) atoms. The molecule has 2 aromatic rings. The first kappa shape index (κ1) is 14.2. The number of hydrogen-bond donors (Lipinski definition) is 1. The summed E-state index contributed by atoms with van der Waals surface area (Å²) in [6, 6.07) is 8.74. The molecule has 1 atom stereocenters. The number of nitrogens with zero attached hydrogens (tertiary/aromatic N) is 1. The van der Waals surface area contributed by atoms with Gasteiger partial charge in [-0.1, -0.05) is 23.8 Å². The summed E-state index contributed by atoms with van der Waals surface area (Å²) < 4.78 is 1.00. The van der Waals surface area contributed by atoms with Crippen LogP contribution < -0.4 is 5.73 Å². The van der Waals surface area contributed by atoms with Crippen molar-refractivity contribution in [3.05, 3.63) is 63.4 Å². The van der Waals surface area contributed by atoms with Crippen LogP contribution in [0.15, 0.2) is 41.1 Å². The fourth-order valence-corrected chi connectivity index (χ4v) is 2.66. The van der Waals surface area contributed by atoms with Gasteiger partial charge in [-0.25, -0.2) is 0 Å².